The van der Waals surface area contributed by atoms with E-state index >= 15 is 0 Å². The van der Waals surface area contributed by atoms with Crippen molar-refractivity contribution in [2.24, 2.45) is 0 Å². The molecule has 0 bridgehead atoms. The number of ketones is 1. The average molecular weight is 262 g/mol. The second-order valence-corrected chi connectivity index (χ2v) is 3.50. The number of esters is 1. The first-order chi connectivity index (χ1) is 8.99. The fourth-order valence-corrected chi connectivity index (χ4v) is 1.40. The van der Waals surface area contributed by atoms with E-state index in [1.54, 1.807) is 6.92 Å². The molecule has 1 aromatic carbocycles. The van der Waals surface area contributed by atoms with Gasteiger partial charge < -0.3 is 4.74 Å². The summed E-state index contributed by atoms with van der Waals surface area (Å²) in [6.07, 6.45) is -0.423. The minimum Gasteiger partial charge on any atom is -0.460 e. The molecule has 0 atom stereocenters. The zero-order valence-corrected chi connectivity index (χ0v) is 10.1. The molecule has 0 radical (unpaired) electrons. The lowest BCUT2D eigenvalue weighted by molar-refractivity contribution is -0.385. The number of carbonyl (C=O) groups excluding carboxylic acids is 2. The van der Waals surface area contributed by atoms with Crippen LogP contribution in [0, 0.1) is 16.7 Å². The van der Waals surface area contributed by atoms with E-state index in [-0.39, 0.29) is 23.5 Å². The second kappa shape index (κ2) is 6.26. The van der Waals surface area contributed by atoms with Gasteiger partial charge in [-0.25, -0.2) is 9.64 Å². The lowest BCUT2D eigenvalue weighted by Gasteiger charge is -2.03. The molecule has 0 aliphatic carbocycles. The molecule has 0 aromatic heterocycles. The number of benzene rings is 1. The Kier molecular flexibility index (Phi) is 4.71. The van der Waals surface area contributed by atoms with Gasteiger partial charge in [0, 0.05) is 18.1 Å². The van der Waals surface area contributed by atoms with Gasteiger partial charge in [0.2, 0.25) is 5.78 Å². The number of carbonyl (C=O) groups is 2. The highest BCUT2D eigenvalue weighted by Gasteiger charge is 2.21. The summed E-state index contributed by atoms with van der Waals surface area (Å²) in [6.45, 7) is 8.39. The van der Waals surface area contributed by atoms with Gasteiger partial charge in [0.05, 0.1) is 18.1 Å². The SMILES string of the molecule is [C-]#[N+]c1ccc(CC(=O)C(=O)OCC)c([N+](=O)[O-])c1. The molecule has 0 unspecified atom stereocenters. The fraction of sp³-hybridized carbons (Fsp3) is 0.250. The van der Waals surface area contributed by atoms with Crippen molar-refractivity contribution in [3.05, 3.63) is 45.3 Å². The van der Waals surface area contributed by atoms with Crippen molar-refractivity contribution in [2.75, 3.05) is 6.61 Å². The Bertz CT molecular complexity index is 574. The van der Waals surface area contributed by atoms with Gasteiger partial charge in [-0.05, 0) is 6.92 Å². The van der Waals surface area contributed by atoms with Crippen LogP contribution >= 0.6 is 0 Å². The van der Waals surface area contributed by atoms with Crippen LogP contribution < -0.4 is 0 Å². The number of hydrogen-bond donors (Lipinski definition) is 0. The molecule has 0 heterocycles. The predicted molar refractivity (Wildman–Crippen MR) is 64.7 cm³/mol. The van der Waals surface area contributed by atoms with Crippen LogP contribution in [0.1, 0.15) is 12.5 Å². The molecule has 0 aliphatic rings. The Balaban J connectivity index is 3.02. The van der Waals surface area contributed by atoms with E-state index in [2.05, 4.69) is 9.58 Å². The van der Waals surface area contributed by atoms with E-state index in [4.69, 9.17) is 6.57 Å². The standard InChI is InChI=1S/C12H10N2O5/c1-3-19-12(16)11(15)6-8-4-5-9(13-2)7-10(8)14(17)18/h4-5,7H,3,6H2,1H3. The van der Waals surface area contributed by atoms with Gasteiger partial charge in [-0.15, -0.1) is 0 Å². The quantitative estimate of drug-likeness (QED) is 0.265. The number of nitrogens with zero attached hydrogens (tertiary/aromatic N) is 2. The van der Waals surface area contributed by atoms with Crippen LogP contribution in [0.15, 0.2) is 18.2 Å². The van der Waals surface area contributed by atoms with Crippen molar-refractivity contribution in [1.82, 2.24) is 0 Å². The van der Waals surface area contributed by atoms with E-state index < -0.39 is 23.1 Å². The molecule has 1 rings (SSSR count). The Morgan fingerprint density at radius 2 is 2.16 bits per heavy atom. The van der Waals surface area contributed by atoms with Crippen LogP contribution in [0.5, 0.6) is 0 Å². The molecule has 0 aliphatic heterocycles. The zero-order valence-electron chi connectivity index (χ0n) is 10.1. The minimum atomic E-state index is -1.02. The smallest absolute Gasteiger partial charge is 0.374 e. The molecule has 0 saturated heterocycles. The van der Waals surface area contributed by atoms with Gasteiger partial charge in [-0.2, -0.15) is 0 Å². The van der Waals surface area contributed by atoms with E-state index in [1.165, 1.54) is 12.1 Å². The van der Waals surface area contributed by atoms with Gasteiger partial charge >= 0.3 is 5.97 Å². The van der Waals surface area contributed by atoms with Crippen molar-refractivity contribution in [3.63, 3.8) is 0 Å². The molecule has 0 N–H and O–H groups in total. The Labute approximate surface area is 108 Å². The van der Waals surface area contributed by atoms with E-state index in [0.717, 1.165) is 6.07 Å². The third-order valence-electron chi connectivity index (χ3n) is 2.25. The number of rotatable bonds is 5. The van der Waals surface area contributed by atoms with Crippen LogP contribution in [0.2, 0.25) is 0 Å². The number of nitro groups is 1. The van der Waals surface area contributed by atoms with Crippen LogP contribution in [0.3, 0.4) is 0 Å². The highest BCUT2D eigenvalue weighted by molar-refractivity contribution is 6.34. The number of ether oxygens (including phenoxy) is 1. The maximum atomic E-state index is 11.5. The van der Waals surface area contributed by atoms with Crippen molar-refractivity contribution in [1.29, 1.82) is 0 Å². The zero-order chi connectivity index (χ0) is 14.4. The normalized spacial score (nSPS) is 9.47. The third-order valence-corrected chi connectivity index (χ3v) is 2.25. The monoisotopic (exact) mass is 262 g/mol. The first kappa shape index (κ1) is 14.3. The molecular weight excluding hydrogens is 252 g/mol. The molecule has 98 valence electrons. The van der Waals surface area contributed by atoms with Crippen molar-refractivity contribution < 1.29 is 19.2 Å². The van der Waals surface area contributed by atoms with Gasteiger partial charge in [0.1, 0.15) is 0 Å². The van der Waals surface area contributed by atoms with Crippen LogP contribution in [0.4, 0.5) is 11.4 Å². The van der Waals surface area contributed by atoms with Crippen molar-refractivity contribution in [3.8, 4) is 0 Å². The van der Waals surface area contributed by atoms with Gasteiger partial charge in [-0.3, -0.25) is 14.9 Å². The van der Waals surface area contributed by atoms with Gasteiger partial charge in [-0.1, -0.05) is 12.1 Å². The van der Waals surface area contributed by atoms with E-state index in [9.17, 15) is 19.7 Å². The van der Waals surface area contributed by atoms with Gasteiger partial charge in [0.25, 0.3) is 5.69 Å². The Morgan fingerprint density at radius 3 is 2.68 bits per heavy atom. The average Bonchev–Trinajstić information content (AvgIpc) is 2.39. The van der Waals surface area contributed by atoms with Crippen LogP contribution in [-0.2, 0) is 20.7 Å². The summed E-state index contributed by atoms with van der Waals surface area (Å²) in [7, 11) is 0. The van der Waals surface area contributed by atoms with Crippen LogP contribution in [0.25, 0.3) is 4.85 Å². The summed E-state index contributed by atoms with van der Waals surface area (Å²) in [4.78, 5) is 35.9. The maximum Gasteiger partial charge on any atom is 0.374 e. The second-order valence-electron chi connectivity index (χ2n) is 3.50. The molecule has 0 fully saturated rings. The summed E-state index contributed by atoms with van der Waals surface area (Å²) in [5.74, 6) is -1.88. The number of Topliss-reactive ketones (excluding diaryl/α,β-unsaturated/α-hetero) is 1. The molecule has 0 spiro atoms. The summed E-state index contributed by atoms with van der Waals surface area (Å²) >= 11 is 0. The highest BCUT2D eigenvalue weighted by atomic mass is 16.6. The molecule has 1 aromatic rings. The summed E-state index contributed by atoms with van der Waals surface area (Å²) in [5, 5.41) is 10.8. The first-order valence-electron chi connectivity index (χ1n) is 5.34. The third kappa shape index (κ3) is 3.61. The lowest BCUT2D eigenvalue weighted by atomic mass is 10.1. The summed E-state index contributed by atoms with van der Waals surface area (Å²) < 4.78 is 4.51. The van der Waals surface area contributed by atoms with Crippen LogP contribution in [-0.4, -0.2) is 23.3 Å². The number of nitro benzene ring substituents is 1. The first-order valence-corrected chi connectivity index (χ1v) is 5.34. The molecule has 19 heavy (non-hydrogen) atoms. The molecule has 7 nitrogen and oxygen atoms in total. The van der Waals surface area contributed by atoms with E-state index in [1.807, 2.05) is 0 Å². The van der Waals surface area contributed by atoms with Crippen molar-refractivity contribution >= 4 is 23.1 Å². The van der Waals surface area contributed by atoms with E-state index in [0.29, 0.717) is 0 Å². The summed E-state index contributed by atoms with van der Waals surface area (Å²) in [6, 6.07) is 3.72. The molecule has 0 amide bonds. The Morgan fingerprint density at radius 1 is 1.47 bits per heavy atom. The summed E-state index contributed by atoms with van der Waals surface area (Å²) in [5.41, 5.74) is -0.180. The topological polar surface area (TPSA) is 90.9 Å². The Hall–Kier alpha value is -2.75. The molecule has 0 saturated carbocycles. The number of hydrogen-bond acceptors (Lipinski definition) is 5. The predicted octanol–water partition coefficient (Wildman–Crippen LogP) is 1.82. The van der Waals surface area contributed by atoms with Gasteiger partial charge in [0.15, 0.2) is 5.69 Å². The lowest BCUT2D eigenvalue weighted by Crippen LogP contribution is -2.19. The minimum absolute atomic E-state index is 0.0589. The maximum absolute atomic E-state index is 11.5. The largest absolute Gasteiger partial charge is 0.460 e. The fourth-order valence-electron chi connectivity index (χ4n) is 1.40. The molecular formula is C12H10N2O5. The molecule has 7 heteroatoms. The highest BCUT2D eigenvalue weighted by Crippen LogP contribution is 2.25. The van der Waals surface area contributed by atoms with Crippen molar-refractivity contribution in [2.45, 2.75) is 13.3 Å².